The van der Waals surface area contributed by atoms with E-state index >= 15 is 0 Å². The third-order valence-corrected chi connectivity index (χ3v) is 5.70. The van der Waals surface area contributed by atoms with Gasteiger partial charge in [-0.25, -0.2) is 12.7 Å². The predicted molar refractivity (Wildman–Crippen MR) is 85.4 cm³/mol. The van der Waals surface area contributed by atoms with Crippen LogP contribution in [0.25, 0.3) is 0 Å². The lowest BCUT2D eigenvalue weighted by atomic mass is 9.98. The highest BCUT2D eigenvalue weighted by molar-refractivity contribution is 7.89. The molecule has 1 heterocycles. The predicted octanol–water partition coefficient (Wildman–Crippen LogP) is 1.70. The van der Waals surface area contributed by atoms with E-state index in [-0.39, 0.29) is 24.1 Å². The van der Waals surface area contributed by atoms with Crippen LogP contribution in [0.3, 0.4) is 0 Å². The fraction of sp³-hybridized carbons (Fsp3) is 0.533. The van der Waals surface area contributed by atoms with Gasteiger partial charge in [0, 0.05) is 24.8 Å². The normalized spacial score (nSPS) is 19.6. The van der Waals surface area contributed by atoms with Gasteiger partial charge in [0.1, 0.15) is 5.75 Å². The molecule has 1 aliphatic rings. The molecule has 2 rings (SSSR count). The van der Waals surface area contributed by atoms with Gasteiger partial charge in [0.05, 0.1) is 18.8 Å². The number of nitrogens with zero attached hydrogens (tertiary/aromatic N) is 1. The van der Waals surface area contributed by atoms with E-state index in [1.807, 2.05) is 0 Å². The summed E-state index contributed by atoms with van der Waals surface area (Å²) in [6.07, 6.45) is 1.40. The van der Waals surface area contributed by atoms with Crippen LogP contribution < -0.4 is 10.1 Å². The van der Waals surface area contributed by atoms with E-state index in [1.165, 1.54) is 4.31 Å². The molecule has 1 atom stereocenters. The molecular formula is C15H22N2O4S. The van der Waals surface area contributed by atoms with Crippen molar-refractivity contribution in [2.24, 2.45) is 5.92 Å². The van der Waals surface area contributed by atoms with Crippen molar-refractivity contribution in [3.05, 3.63) is 24.3 Å². The Hall–Kier alpha value is -1.60. The third-order valence-electron chi connectivity index (χ3n) is 3.85. The summed E-state index contributed by atoms with van der Waals surface area (Å²) in [4.78, 5) is 12.4. The van der Waals surface area contributed by atoms with Gasteiger partial charge in [-0.05, 0) is 31.9 Å². The Morgan fingerprint density at radius 1 is 1.45 bits per heavy atom. The van der Waals surface area contributed by atoms with E-state index in [4.69, 9.17) is 4.74 Å². The average Bonchev–Trinajstić information content (AvgIpc) is 2.55. The van der Waals surface area contributed by atoms with Crippen LogP contribution in [0.15, 0.2) is 24.3 Å². The highest BCUT2D eigenvalue weighted by atomic mass is 32.2. The number of piperidine rings is 1. The molecule has 0 unspecified atom stereocenters. The fourth-order valence-corrected chi connectivity index (χ4v) is 3.72. The first-order chi connectivity index (χ1) is 10.5. The Bertz CT molecular complexity index is 630. The number of ether oxygens (including phenoxy) is 1. The number of carbonyl (C=O) groups is 1. The zero-order chi connectivity index (χ0) is 16.2. The van der Waals surface area contributed by atoms with Gasteiger partial charge in [-0.1, -0.05) is 6.07 Å². The lowest BCUT2D eigenvalue weighted by Gasteiger charge is -2.30. The number of amides is 1. The van der Waals surface area contributed by atoms with E-state index < -0.39 is 10.0 Å². The second-order valence-corrected chi connectivity index (χ2v) is 7.58. The second kappa shape index (κ2) is 7.11. The summed E-state index contributed by atoms with van der Waals surface area (Å²) in [5.41, 5.74) is 0.653. The highest BCUT2D eigenvalue weighted by Gasteiger charge is 2.31. The summed E-state index contributed by atoms with van der Waals surface area (Å²) in [5.74, 6) is 0.263. The molecule has 1 fully saturated rings. The molecule has 7 heteroatoms. The van der Waals surface area contributed by atoms with E-state index in [1.54, 1.807) is 38.3 Å². The van der Waals surface area contributed by atoms with Gasteiger partial charge in [0.25, 0.3) is 0 Å². The summed E-state index contributed by atoms with van der Waals surface area (Å²) in [7, 11) is -1.67. The van der Waals surface area contributed by atoms with Crippen LogP contribution in [-0.4, -0.2) is 44.6 Å². The Morgan fingerprint density at radius 2 is 2.23 bits per heavy atom. The first-order valence-corrected chi connectivity index (χ1v) is 9.00. The fourth-order valence-electron chi connectivity index (χ4n) is 2.54. The summed E-state index contributed by atoms with van der Waals surface area (Å²) in [6.45, 7) is 2.38. The molecular weight excluding hydrogens is 304 g/mol. The SMILES string of the molecule is CCS(=O)(=O)N1CCC[C@@H](C(=O)Nc2cccc(OC)c2)C1. The third kappa shape index (κ3) is 3.98. The topological polar surface area (TPSA) is 75.7 Å². The zero-order valence-corrected chi connectivity index (χ0v) is 13.7. The van der Waals surface area contributed by atoms with Gasteiger partial charge < -0.3 is 10.1 Å². The van der Waals surface area contributed by atoms with Crippen LogP contribution >= 0.6 is 0 Å². The lowest BCUT2D eigenvalue weighted by molar-refractivity contribution is -0.120. The molecule has 6 nitrogen and oxygen atoms in total. The van der Waals surface area contributed by atoms with E-state index in [9.17, 15) is 13.2 Å². The minimum Gasteiger partial charge on any atom is -0.497 e. The van der Waals surface area contributed by atoms with Crippen molar-refractivity contribution >= 4 is 21.6 Å². The van der Waals surface area contributed by atoms with Crippen molar-refractivity contribution < 1.29 is 17.9 Å². The van der Waals surface area contributed by atoms with Gasteiger partial charge in [-0.15, -0.1) is 0 Å². The van der Waals surface area contributed by atoms with Gasteiger partial charge in [0.15, 0.2) is 0 Å². The first kappa shape index (κ1) is 16.8. The van der Waals surface area contributed by atoms with Crippen LogP contribution in [0.4, 0.5) is 5.69 Å². The van der Waals surface area contributed by atoms with Crippen molar-refractivity contribution in [2.45, 2.75) is 19.8 Å². The monoisotopic (exact) mass is 326 g/mol. The number of benzene rings is 1. The standard InChI is InChI=1S/C15H22N2O4S/c1-3-22(19,20)17-9-5-6-12(11-17)15(18)16-13-7-4-8-14(10-13)21-2/h4,7-8,10,12H,3,5-6,9,11H2,1-2H3,(H,16,18)/t12-/m1/s1. The molecule has 1 N–H and O–H groups in total. The number of nitrogens with one attached hydrogen (secondary N) is 1. The molecule has 0 aromatic heterocycles. The van der Waals surface area contributed by atoms with E-state index in [0.29, 0.717) is 30.8 Å². The molecule has 1 aromatic rings. The van der Waals surface area contributed by atoms with Crippen LogP contribution in [0.2, 0.25) is 0 Å². The Kier molecular flexibility index (Phi) is 5.42. The van der Waals surface area contributed by atoms with Crippen molar-refractivity contribution in [3.63, 3.8) is 0 Å². The largest absolute Gasteiger partial charge is 0.497 e. The number of rotatable bonds is 5. The van der Waals surface area contributed by atoms with Crippen LogP contribution in [-0.2, 0) is 14.8 Å². The first-order valence-electron chi connectivity index (χ1n) is 7.39. The van der Waals surface area contributed by atoms with Gasteiger partial charge in [-0.3, -0.25) is 4.79 Å². The molecule has 122 valence electrons. The van der Waals surface area contributed by atoms with Crippen LogP contribution in [0.5, 0.6) is 5.75 Å². The molecule has 1 saturated heterocycles. The lowest BCUT2D eigenvalue weighted by Crippen LogP contribution is -2.44. The molecule has 1 aromatic carbocycles. The summed E-state index contributed by atoms with van der Waals surface area (Å²) < 4.78 is 30.4. The number of carbonyl (C=O) groups excluding carboxylic acids is 1. The maximum absolute atomic E-state index is 12.4. The summed E-state index contributed by atoms with van der Waals surface area (Å²) in [5, 5.41) is 2.84. The summed E-state index contributed by atoms with van der Waals surface area (Å²) >= 11 is 0. The number of hydrogen-bond acceptors (Lipinski definition) is 4. The Labute approximate surface area is 131 Å². The maximum Gasteiger partial charge on any atom is 0.228 e. The Morgan fingerprint density at radius 3 is 2.91 bits per heavy atom. The smallest absolute Gasteiger partial charge is 0.228 e. The molecule has 22 heavy (non-hydrogen) atoms. The van der Waals surface area contributed by atoms with Crippen LogP contribution in [0.1, 0.15) is 19.8 Å². The number of methoxy groups -OCH3 is 1. The number of hydrogen-bond donors (Lipinski definition) is 1. The second-order valence-electron chi connectivity index (χ2n) is 5.32. The van der Waals surface area contributed by atoms with Gasteiger partial charge in [-0.2, -0.15) is 0 Å². The molecule has 0 radical (unpaired) electrons. The summed E-state index contributed by atoms with van der Waals surface area (Å²) in [6, 6.07) is 7.11. The molecule has 0 saturated carbocycles. The maximum atomic E-state index is 12.4. The zero-order valence-electron chi connectivity index (χ0n) is 12.9. The number of sulfonamides is 1. The van der Waals surface area contributed by atoms with E-state index in [2.05, 4.69) is 5.32 Å². The molecule has 1 aliphatic heterocycles. The molecule has 1 amide bonds. The molecule has 0 bridgehead atoms. The highest BCUT2D eigenvalue weighted by Crippen LogP contribution is 2.22. The molecule has 0 aliphatic carbocycles. The van der Waals surface area contributed by atoms with Crippen molar-refractivity contribution in [1.29, 1.82) is 0 Å². The minimum absolute atomic E-state index is 0.0667. The van der Waals surface area contributed by atoms with Crippen molar-refractivity contribution in [1.82, 2.24) is 4.31 Å². The number of anilines is 1. The Balaban J connectivity index is 2.03. The average molecular weight is 326 g/mol. The molecule has 0 spiro atoms. The van der Waals surface area contributed by atoms with Gasteiger partial charge >= 0.3 is 0 Å². The van der Waals surface area contributed by atoms with Gasteiger partial charge in [0.2, 0.25) is 15.9 Å². The van der Waals surface area contributed by atoms with Crippen LogP contribution in [0, 0.1) is 5.92 Å². The van der Waals surface area contributed by atoms with Crippen molar-refractivity contribution in [2.75, 3.05) is 31.3 Å². The van der Waals surface area contributed by atoms with E-state index in [0.717, 1.165) is 0 Å². The quantitative estimate of drug-likeness (QED) is 0.893. The van der Waals surface area contributed by atoms with Crippen molar-refractivity contribution in [3.8, 4) is 5.75 Å². The minimum atomic E-state index is -3.24.